The van der Waals surface area contributed by atoms with Crippen LogP contribution in [0.25, 0.3) is 0 Å². The van der Waals surface area contributed by atoms with Crippen molar-refractivity contribution in [2.45, 2.75) is 13.8 Å². The van der Waals surface area contributed by atoms with Crippen LogP contribution in [-0.4, -0.2) is 23.0 Å². The first kappa shape index (κ1) is 17.4. The van der Waals surface area contributed by atoms with Crippen molar-refractivity contribution in [3.8, 4) is 5.75 Å². The number of nitrogens with one attached hydrogen (secondary N) is 2. The molecule has 0 radical (unpaired) electrons. The lowest BCUT2D eigenvalue weighted by atomic mass is 10.1. The maximum Gasteiger partial charge on any atom is 0.258 e. The minimum atomic E-state index is -0.241. The molecule has 2 N–H and O–H groups in total. The Morgan fingerprint density at radius 3 is 2.35 bits per heavy atom. The quantitative estimate of drug-likeness (QED) is 0.726. The molecule has 0 spiro atoms. The molecule has 3 rings (SSSR count). The van der Waals surface area contributed by atoms with Gasteiger partial charge in [-0.05, 0) is 55.3 Å². The molecule has 3 aromatic rings. The standard InChI is InChI=1S/C20H20N4O2/c1-13-4-5-14(2)18(10-13)24-19(25)15-11-21-20(22-12-15)23-16-6-8-17(26-3)9-7-16/h4-12H,1-3H3,(H,24,25)(H,21,22,23). The number of carbonyl (C=O) groups excluding carboxylic acids is 1. The molecule has 26 heavy (non-hydrogen) atoms. The average molecular weight is 348 g/mol. The Hall–Kier alpha value is -3.41. The van der Waals surface area contributed by atoms with Gasteiger partial charge in [0, 0.05) is 23.8 Å². The van der Waals surface area contributed by atoms with Crippen molar-refractivity contribution < 1.29 is 9.53 Å². The summed E-state index contributed by atoms with van der Waals surface area (Å²) in [6.45, 7) is 3.94. The lowest BCUT2D eigenvalue weighted by Gasteiger charge is -2.10. The second-order valence-corrected chi connectivity index (χ2v) is 5.92. The van der Waals surface area contributed by atoms with Gasteiger partial charge in [-0.15, -0.1) is 0 Å². The van der Waals surface area contributed by atoms with Gasteiger partial charge in [-0.25, -0.2) is 9.97 Å². The fourth-order valence-corrected chi connectivity index (χ4v) is 2.38. The highest BCUT2D eigenvalue weighted by Crippen LogP contribution is 2.19. The third-order valence-electron chi connectivity index (χ3n) is 3.90. The van der Waals surface area contributed by atoms with Gasteiger partial charge < -0.3 is 15.4 Å². The van der Waals surface area contributed by atoms with E-state index in [1.807, 2.05) is 56.3 Å². The first-order chi connectivity index (χ1) is 12.5. The van der Waals surface area contributed by atoms with E-state index in [1.54, 1.807) is 7.11 Å². The van der Waals surface area contributed by atoms with Crippen LogP contribution in [0.5, 0.6) is 5.75 Å². The van der Waals surface area contributed by atoms with Crippen LogP contribution in [0.15, 0.2) is 54.9 Å². The Labute approximate surface area is 152 Å². The van der Waals surface area contributed by atoms with Crippen LogP contribution in [-0.2, 0) is 0 Å². The van der Waals surface area contributed by atoms with Crippen LogP contribution < -0.4 is 15.4 Å². The number of ether oxygens (including phenoxy) is 1. The maximum atomic E-state index is 12.4. The number of hydrogen-bond donors (Lipinski definition) is 2. The third kappa shape index (κ3) is 4.16. The van der Waals surface area contributed by atoms with E-state index in [0.717, 1.165) is 28.3 Å². The highest BCUT2D eigenvalue weighted by Gasteiger charge is 2.09. The molecule has 0 bridgehead atoms. The van der Waals surface area contributed by atoms with Crippen LogP contribution in [0.2, 0.25) is 0 Å². The zero-order valence-corrected chi connectivity index (χ0v) is 14.9. The van der Waals surface area contributed by atoms with Crippen LogP contribution in [0.3, 0.4) is 0 Å². The van der Waals surface area contributed by atoms with Crippen molar-refractivity contribution in [2.75, 3.05) is 17.7 Å². The minimum Gasteiger partial charge on any atom is -0.497 e. The lowest BCUT2D eigenvalue weighted by Crippen LogP contribution is -2.14. The Kier molecular flexibility index (Phi) is 5.12. The summed E-state index contributed by atoms with van der Waals surface area (Å²) in [5.41, 5.74) is 4.10. The van der Waals surface area contributed by atoms with Crippen molar-refractivity contribution in [2.24, 2.45) is 0 Å². The molecular weight excluding hydrogens is 328 g/mol. The highest BCUT2D eigenvalue weighted by molar-refractivity contribution is 6.04. The second kappa shape index (κ2) is 7.65. The highest BCUT2D eigenvalue weighted by atomic mass is 16.5. The molecule has 1 aromatic heterocycles. The monoisotopic (exact) mass is 348 g/mol. The first-order valence-electron chi connectivity index (χ1n) is 8.17. The topological polar surface area (TPSA) is 76.1 Å². The molecule has 6 heteroatoms. The third-order valence-corrected chi connectivity index (χ3v) is 3.90. The molecule has 0 aliphatic carbocycles. The molecule has 0 aliphatic heterocycles. The Balaban J connectivity index is 1.68. The molecule has 0 fully saturated rings. The summed E-state index contributed by atoms with van der Waals surface area (Å²) in [6.07, 6.45) is 3.00. The van der Waals surface area contributed by atoms with E-state index in [1.165, 1.54) is 12.4 Å². The van der Waals surface area contributed by atoms with E-state index < -0.39 is 0 Å². The SMILES string of the molecule is COc1ccc(Nc2ncc(C(=O)Nc3cc(C)ccc3C)cn2)cc1. The summed E-state index contributed by atoms with van der Waals surface area (Å²) in [7, 11) is 1.62. The van der Waals surface area contributed by atoms with Gasteiger partial charge in [0.2, 0.25) is 5.95 Å². The molecule has 0 saturated heterocycles. The Bertz CT molecular complexity index is 906. The molecule has 0 aliphatic rings. The normalized spacial score (nSPS) is 10.3. The first-order valence-corrected chi connectivity index (χ1v) is 8.17. The molecule has 1 amide bonds. The summed E-state index contributed by atoms with van der Waals surface area (Å²) in [5.74, 6) is 0.947. The predicted molar refractivity (Wildman–Crippen MR) is 102 cm³/mol. The lowest BCUT2D eigenvalue weighted by molar-refractivity contribution is 0.102. The molecule has 132 valence electrons. The number of aryl methyl sites for hydroxylation is 2. The van der Waals surface area contributed by atoms with E-state index in [0.29, 0.717) is 11.5 Å². The number of methoxy groups -OCH3 is 1. The van der Waals surface area contributed by atoms with Crippen molar-refractivity contribution in [3.05, 3.63) is 71.5 Å². The number of aromatic nitrogens is 2. The maximum absolute atomic E-state index is 12.4. The van der Waals surface area contributed by atoms with Crippen LogP contribution in [0.4, 0.5) is 17.3 Å². The number of benzene rings is 2. The number of nitrogens with zero attached hydrogens (tertiary/aromatic N) is 2. The van der Waals surface area contributed by atoms with Gasteiger partial charge in [-0.3, -0.25) is 4.79 Å². The predicted octanol–water partition coefficient (Wildman–Crippen LogP) is 4.10. The van der Waals surface area contributed by atoms with E-state index in [2.05, 4.69) is 20.6 Å². The molecule has 6 nitrogen and oxygen atoms in total. The van der Waals surface area contributed by atoms with Crippen LogP contribution in [0, 0.1) is 13.8 Å². The van der Waals surface area contributed by atoms with Crippen molar-refractivity contribution >= 4 is 23.2 Å². The number of hydrogen-bond acceptors (Lipinski definition) is 5. The van der Waals surface area contributed by atoms with Gasteiger partial charge in [0.05, 0.1) is 12.7 Å². The molecule has 0 saturated carbocycles. The fraction of sp³-hybridized carbons (Fsp3) is 0.150. The fourth-order valence-electron chi connectivity index (χ4n) is 2.38. The van der Waals surface area contributed by atoms with Gasteiger partial charge in [-0.2, -0.15) is 0 Å². The molecule has 2 aromatic carbocycles. The van der Waals surface area contributed by atoms with E-state index in [9.17, 15) is 4.79 Å². The van der Waals surface area contributed by atoms with E-state index >= 15 is 0 Å². The average Bonchev–Trinajstić information content (AvgIpc) is 2.66. The Morgan fingerprint density at radius 1 is 1.00 bits per heavy atom. The van der Waals surface area contributed by atoms with E-state index in [-0.39, 0.29) is 5.91 Å². The molecule has 1 heterocycles. The number of rotatable bonds is 5. The molecular formula is C20H20N4O2. The summed E-state index contributed by atoms with van der Waals surface area (Å²) in [5, 5.41) is 5.97. The summed E-state index contributed by atoms with van der Waals surface area (Å²) in [6, 6.07) is 13.3. The zero-order chi connectivity index (χ0) is 18.5. The van der Waals surface area contributed by atoms with Gasteiger partial charge in [0.15, 0.2) is 0 Å². The van der Waals surface area contributed by atoms with Crippen LogP contribution in [0.1, 0.15) is 21.5 Å². The molecule has 0 atom stereocenters. The number of carbonyl (C=O) groups is 1. The summed E-state index contributed by atoms with van der Waals surface area (Å²) < 4.78 is 5.12. The van der Waals surface area contributed by atoms with Crippen molar-refractivity contribution in [1.29, 1.82) is 0 Å². The van der Waals surface area contributed by atoms with Crippen molar-refractivity contribution in [3.63, 3.8) is 0 Å². The van der Waals surface area contributed by atoms with Gasteiger partial charge in [0.1, 0.15) is 5.75 Å². The number of anilines is 3. The molecule has 0 unspecified atom stereocenters. The number of amides is 1. The smallest absolute Gasteiger partial charge is 0.258 e. The van der Waals surface area contributed by atoms with Gasteiger partial charge >= 0.3 is 0 Å². The minimum absolute atomic E-state index is 0.241. The van der Waals surface area contributed by atoms with Gasteiger partial charge in [0.25, 0.3) is 5.91 Å². The largest absolute Gasteiger partial charge is 0.497 e. The zero-order valence-electron chi connectivity index (χ0n) is 14.9. The Morgan fingerprint density at radius 2 is 1.69 bits per heavy atom. The van der Waals surface area contributed by atoms with Gasteiger partial charge in [-0.1, -0.05) is 12.1 Å². The van der Waals surface area contributed by atoms with Crippen molar-refractivity contribution in [1.82, 2.24) is 9.97 Å². The summed E-state index contributed by atoms with van der Waals surface area (Å²) >= 11 is 0. The van der Waals surface area contributed by atoms with E-state index in [4.69, 9.17) is 4.74 Å². The second-order valence-electron chi connectivity index (χ2n) is 5.92. The van der Waals surface area contributed by atoms with Crippen LogP contribution >= 0.6 is 0 Å². The summed E-state index contributed by atoms with van der Waals surface area (Å²) in [4.78, 5) is 20.8.